The number of anilines is 2. The van der Waals surface area contributed by atoms with Crippen molar-refractivity contribution in [3.63, 3.8) is 0 Å². The average Bonchev–Trinajstić information content (AvgIpc) is 2.94. The van der Waals surface area contributed by atoms with Crippen LogP contribution in [-0.4, -0.2) is 31.7 Å². The summed E-state index contributed by atoms with van der Waals surface area (Å²) in [6, 6.07) is 28.8. The lowest BCUT2D eigenvalue weighted by Gasteiger charge is -2.09. The molecule has 0 saturated heterocycles. The molecule has 0 aliphatic rings. The molecule has 8 nitrogen and oxygen atoms in total. The molecule has 4 rings (SSSR count). The van der Waals surface area contributed by atoms with Gasteiger partial charge < -0.3 is 20.1 Å². The van der Waals surface area contributed by atoms with Gasteiger partial charge in [-0.25, -0.2) is 8.42 Å². The van der Waals surface area contributed by atoms with E-state index in [-0.39, 0.29) is 23.3 Å². The monoisotopic (exact) mass is 572 g/mol. The maximum atomic E-state index is 12.7. The molecule has 0 aliphatic carbocycles. The topological polar surface area (TPSA) is 111 Å². The molecular formula is C32H32N2O6S. The van der Waals surface area contributed by atoms with E-state index in [0.717, 1.165) is 11.1 Å². The molecule has 0 heterocycles. The summed E-state index contributed by atoms with van der Waals surface area (Å²) in [4.78, 5) is 22.3. The van der Waals surface area contributed by atoms with E-state index < -0.39 is 9.84 Å². The van der Waals surface area contributed by atoms with Crippen LogP contribution < -0.4 is 20.1 Å². The summed E-state index contributed by atoms with van der Waals surface area (Å²) in [6.07, 6.45) is 0.836. The van der Waals surface area contributed by atoms with Crippen LogP contribution in [0.5, 0.6) is 23.0 Å². The van der Waals surface area contributed by atoms with E-state index in [9.17, 15) is 18.0 Å². The number of nitrogens with one attached hydrogen (secondary N) is 2. The lowest BCUT2D eigenvalue weighted by molar-refractivity contribution is -0.115. The molecule has 0 fully saturated rings. The molecule has 0 aromatic heterocycles. The van der Waals surface area contributed by atoms with Gasteiger partial charge in [0.2, 0.25) is 11.8 Å². The third-order valence-electron chi connectivity index (χ3n) is 6.07. The van der Waals surface area contributed by atoms with Crippen LogP contribution in [0.25, 0.3) is 0 Å². The minimum absolute atomic E-state index is 0.0630. The first-order valence-electron chi connectivity index (χ1n) is 13.1. The van der Waals surface area contributed by atoms with Gasteiger partial charge in [0.15, 0.2) is 9.84 Å². The molecule has 41 heavy (non-hydrogen) atoms. The zero-order chi connectivity index (χ0) is 29.2. The SMILES string of the molecule is CC(=O)Nc1ccc(Oc2ccc(CCS(=O)(=O)CCc3ccc(Oc4ccc(NC(C)=O)cc4)cc3)cc2)cc1. The number of aryl methyl sites for hydroxylation is 2. The van der Waals surface area contributed by atoms with Gasteiger partial charge in [-0.05, 0) is 96.8 Å². The highest BCUT2D eigenvalue weighted by atomic mass is 32.2. The fraction of sp³-hybridized carbons (Fsp3) is 0.188. The summed E-state index contributed by atoms with van der Waals surface area (Å²) in [6.45, 7) is 2.90. The van der Waals surface area contributed by atoms with Crippen LogP contribution in [0.1, 0.15) is 25.0 Å². The fourth-order valence-corrected chi connectivity index (χ4v) is 5.29. The number of rotatable bonds is 12. The number of carbonyl (C=O) groups excluding carboxylic acids is 2. The zero-order valence-electron chi connectivity index (χ0n) is 22.9. The molecule has 9 heteroatoms. The lowest BCUT2D eigenvalue weighted by Crippen LogP contribution is -2.14. The van der Waals surface area contributed by atoms with E-state index in [4.69, 9.17) is 9.47 Å². The summed E-state index contributed by atoms with van der Waals surface area (Å²) in [5, 5.41) is 5.41. The van der Waals surface area contributed by atoms with Gasteiger partial charge in [0.25, 0.3) is 0 Å². The van der Waals surface area contributed by atoms with E-state index in [1.807, 2.05) is 48.5 Å². The Morgan fingerprint density at radius 2 is 0.829 bits per heavy atom. The van der Waals surface area contributed by atoms with Crippen LogP contribution in [0.4, 0.5) is 11.4 Å². The standard InChI is InChI=1S/C32H32N2O6S/c1-23(35)33-27-7-15-31(16-8-27)39-29-11-3-25(4-12-29)19-21-41(37,38)22-20-26-5-13-30(14-6-26)40-32-17-9-28(10-18-32)34-24(2)36/h3-18H,19-22H2,1-2H3,(H,33,35)(H,34,36). The Morgan fingerprint density at radius 3 is 1.12 bits per heavy atom. The lowest BCUT2D eigenvalue weighted by atomic mass is 10.2. The summed E-state index contributed by atoms with van der Waals surface area (Å²) in [7, 11) is -3.24. The number of benzene rings is 4. The molecule has 4 aromatic carbocycles. The molecule has 0 saturated carbocycles. The number of amides is 2. The molecular weight excluding hydrogens is 540 g/mol. The Labute approximate surface area is 240 Å². The van der Waals surface area contributed by atoms with E-state index in [1.165, 1.54) is 13.8 Å². The maximum absolute atomic E-state index is 12.7. The molecule has 0 unspecified atom stereocenters. The number of hydrogen-bond donors (Lipinski definition) is 2. The second-order valence-corrected chi connectivity index (χ2v) is 11.9. The molecule has 0 bridgehead atoms. The quantitative estimate of drug-likeness (QED) is 0.204. The van der Waals surface area contributed by atoms with Crippen molar-refractivity contribution in [3.8, 4) is 23.0 Å². The Bertz CT molecular complexity index is 1450. The highest BCUT2D eigenvalue weighted by molar-refractivity contribution is 7.91. The van der Waals surface area contributed by atoms with E-state index >= 15 is 0 Å². The van der Waals surface area contributed by atoms with Crippen LogP contribution in [-0.2, 0) is 32.3 Å². The highest BCUT2D eigenvalue weighted by Gasteiger charge is 2.12. The first kappa shape index (κ1) is 29.4. The van der Waals surface area contributed by atoms with Gasteiger partial charge in [-0.1, -0.05) is 24.3 Å². The predicted molar refractivity (Wildman–Crippen MR) is 161 cm³/mol. The number of ether oxygens (including phenoxy) is 2. The zero-order valence-corrected chi connectivity index (χ0v) is 23.7. The summed E-state index contributed by atoms with van der Waals surface area (Å²) < 4.78 is 37.0. The molecule has 2 N–H and O–H groups in total. The smallest absolute Gasteiger partial charge is 0.221 e. The summed E-state index contributed by atoms with van der Waals surface area (Å²) in [5.41, 5.74) is 3.20. The molecule has 0 aliphatic heterocycles. The summed E-state index contributed by atoms with van der Waals surface area (Å²) >= 11 is 0. The number of sulfone groups is 1. The van der Waals surface area contributed by atoms with Crippen LogP contribution in [0, 0.1) is 0 Å². The van der Waals surface area contributed by atoms with E-state index in [1.54, 1.807) is 48.5 Å². The Kier molecular flexibility index (Phi) is 9.76. The van der Waals surface area contributed by atoms with Gasteiger partial charge in [0.05, 0.1) is 11.5 Å². The van der Waals surface area contributed by atoms with Crippen molar-refractivity contribution >= 4 is 33.0 Å². The highest BCUT2D eigenvalue weighted by Crippen LogP contribution is 2.25. The predicted octanol–water partition coefficient (Wildman–Crippen LogP) is 6.39. The summed E-state index contributed by atoms with van der Waals surface area (Å²) in [5.74, 6) is 2.39. The van der Waals surface area contributed by atoms with Crippen LogP contribution >= 0.6 is 0 Å². The molecule has 2 amide bonds. The van der Waals surface area contributed by atoms with Gasteiger partial charge in [-0.2, -0.15) is 0 Å². The first-order chi connectivity index (χ1) is 19.6. The Morgan fingerprint density at radius 1 is 0.537 bits per heavy atom. The van der Waals surface area contributed by atoms with Crippen LogP contribution in [0.2, 0.25) is 0 Å². The Hall–Kier alpha value is -4.63. The molecule has 212 valence electrons. The van der Waals surface area contributed by atoms with Crippen molar-refractivity contribution in [2.75, 3.05) is 22.1 Å². The second-order valence-electron chi connectivity index (χ2n) is 9.55. The largest absolute Gasteiger partial charge is 0.457 e. The van der Waals surface area contributed by atoms with Gasteiger partial charge in [-0.15, -0.1) is 0 Å². The van der Waals surface area contributed by atoms with Gasteiger partial charge in [-0.3, -0.25) is 9.59 Å². The van der Waals surface area contributed by atoms with Crippen LogP contribution in [0.15, 0.2) is 97.1 Å². The van der Waals surface area contributed by atoms with Crippen LogP contribution in [0.3, 0.4) is 0 Å². The maximum Gasteiger partial charge on any atom is 0.221 e. The van der Waals surface area contributed by atoms with Crippen molar-refractivity contribution in [1.82, 2.24) is 0 Å². The van der Waals surface area contributed by atoms with E-state index in [0.29, 0.717) is 47.2 Å². The number of hydrogen-bond acceptors (Lipinski definition) is 6. The third-order valence-corrected chi connectivity index (χ3v) is 7.72. The normalized spacial score (nSPS) is 11.0. The van der Waals surface area contributed by atoms with Crippen molar-refractivity contribution in [2.24, 2.45) is 0 Å². The molecule has 0 radical (unpaired) electrons. The third kappa shape index (κ3) is 9.81. The number of carbonyl (C=O) groups is 2. The van der Waals surface area contributed by atoms with E-state index in [2.05, 4.69) is 10.6 Å². The van der Waals surface area contributed by atoms with Gasteiger partial charge in [0, 0.05) is 25.2 Å². The molecule has 0 spiro atoms. The van der Waals surface area contributed by atoms with Crippen molar-refractivity contribution in [1.29, 1.82) is 0 Å². The molecule has 0 atom stereocenters. The minimum Gasteiger partial charge on any atom is -0.457 e. The second kappa shape index (κ2) is 13.6. The van der Waals surface area contributed by atoms with Gasteiger partial charge in [0.1, 0.15) is 23.0 Å². The first-order valence-corrected chi connectivity index (χ1v) is 14.9. The van der Waals surface area contributed by atoms with Crippen molar-refractivity contribution in [2.45, 2.75) is 26.7 Å². The van der Waals surface area contributed by atoms with Crippen molar-refractivity contribution in [3.05, 3.63) is 108 Å². The molecule has 4 aromatic rings. The fourth-order valence-electron chi connectivity index (χ4n) is 3.99. The average molecular weight is 573 g/mol. The van der Waals surface area contributed by atoms with Gasteiger partial charge >= 0.3 is 0 Å². The van der Waals surface area contributed by atoms with Crippen molar-refractivity contribution < 1.29 is 27.5 Å². The minimum atomic E-state index is -3.24. The Balaban J connectivity index is 1.21.